The Morgan fingerprint density at radius 3 is 2.38 bits per heavy atom. The molecule has 1 aromatic heterocycles. The number of hydrogen-bond acceptors (Lipinski definition) is 5. The molecule has 0 amide bonds. The van der Waals surface area contributed by atoms with Gasteiger partial charge < -0.3 is 14.3 Å². The maximum absolute atomic E-state index is 12.8. The third-order valence-electron chi connectivity index (χ3n) is 5.44. The van der Waals surface area contributed by atoms with Gasteiger partial charge >= 0.3 is 5.97 Å². The van der Waals surface area contributed by atoms with Crippen LogP contribution >= 0.6 is 11.8 Å². The number of ether oxygens (including phenoxy) is 1. The summed E-state index contributed by atoms with van der Waals surface area (Å²) in [6, 6.07) is 9.78. The second kappa shape index (κ2) is 9.25. The molecule has 2 aromatic carbocycles. The van der Waals surface area contributed by atoms with Gasteiger partial charge in [-0.05, 0) is 94.0 Å². The molecule has 0 spiro atoms. The fraction of sp³-hybridized carbons (Fsp3) is 0.308. The predicted molar refractivity (Wildman–Crippen MR) is 129 cm³/mol. The van der Waals surface area contributed by atoms with Gasteiger partial charge in [0.05, 0.1) is 5.41 Å². The van der Waals surface area contributed by atoms with Crippen LogP contribution in [0.5, 0.6) is 5.75 Å². The van der Waals surface area contributed by atoms with E-state index in [0.29, 0.717) is 17.1 Å². The van der Waals surface area contributed by atoms with E-state index in [0.717, 1.165) is 32.5 Å². The number of aryl methyl sites for hydroxylation is 3. The van der Waals surface area contributed by atoms with Crippen molar-refractivity contribution < 1.29 is 23.8 Å². The molecular weight excluding hydrogens is 424 g/mol. The Balaban J connectivity index is 1.81. The van der Waals surface area contributed by atoms with Gasteiger partial charge in [-0.15, -0.1) is 11.8 Å². The zero-order valence-electron chi connectivity index (χ0n) is 19.2. The summed E-state index contributed by atoms with van der Waals surface area (Å²) in [5.74, 6) is -0.0843. The fourth-order valence-electron chi connectivity index (χ4n) is 3.44. The van der Waals surface area contributed by atoms with Crippen molar-refractivity contribution in [3.63, 3.8) is 0 Å². The minimum absolute atomic E-state index is 0.0707. The molecule has 3 rings (SSSR count). The van der Waals surface area contributed by atoms with E-state index in [-0.39, 0.29) is 12.4 Å². The van der Waals surface area contributed by atoms with E-state index in [2.05, 4.69) is 0 Å². The first-order valence-corrected chi connectivity index (χ1v) is 11.5. The molecule has 0 aliphatic rings. The van der Waals surface area contributed by atoms with Crippen LogP contribution in [0.3, 0.4) is 0 Å². The molecule has 0 unspecified atom stereocenters. The molecule has 5 nitrogen and oxygen atoms in total. The average Bonchev–Trinajstić information content (AvgIpc) is 3.07. The second-order valence-electron chi connectivity index (χ2n) is 8.58. The molecule has 0 saturated carbocycles. The molecule has 0 bridgehead atoms. The van der Waals surface area contributed by atoms with Gasteiger partial charge in [-0.1, -0.05) is 6.08 Å². The van der Waals surface area contributed by atoms with Gasteiger partial charge in [0, 0.05) is 15.8 Å². The first-order chi connectivity index (χ1) is 15.0. The van der Waals surface area contributed by atoms with E-state index < -0.39 is 11.4 Å². The number of aliphatic carboxylic acids is 1. The highest BCUT2D eigenvalue weighted by atomic mass is 32.2. The zero-order chi connectivity index (χ0) is 23.6. The van der Waals surface area contributed by atoms with E-state index in [4.69, 9.17) is 9.15 Å². The van der Waals surface area contributed by atoms with Crippen molar-refractivity contribution >= 4 is 40.6 Å². The van der Waals surface area contributed by atoms with Gasteiger partial charge in [0.1, 0.15) is 17.9 Å². The molecule has 0 saturated heterocycles. The third-order valence-corrected chi connectivity index (χ3v) is 6.16. The predicted octanol–water partition coefficient (Wildman–Crippen LogP) is 6.47. The molecule has 0 aliphatic carbocycles. The molecule has 1 N–H and O–H groups in total. The van der Waals surface area contributed by atoms with Crippen molar-refractivity contribution in [2.75, 3.05) is 12.9 Å². The topological polar surface area (TPSA) is 76.7 Å². The van der Waals surface area contributed by atoms with E-state index in [1.807, 2.05) is 57.4 Å². The van der Waals surface area contributed by atoms with Crippen molar-refractivity contribution in [3.8, 4) is 5.75 Å². The average molecular weight is 453 g/mol. The summed E-state index contributed by atoms with van der Waals surface area (Å²) in [4.78, 5) is 25.2. The van der Waals surface area contributed by atoms with Crippen LogP contribution in [0.2, 0.25) is 0 Å². The smallest absolute Gasteiger partial charge is 0.312 e. The van der Waals surface area contributed by atoms with E-state index in [9.17, 15) is 14.7 Å². The SMILES string of the molecule is CSc1ccc2c(C)c(C(=O)/C=C/c3cc(C)c(OCC(C)(C)C(=O)O)c(C)c3)oc2c1. The number of carboxylic acid groups (broad SMARTS) is 1. The van der Waals surface area contributed by atoms with Crippen LogP contribution in [-0.4, -0.2) is 29.7 Å². The molecule has 0 atom stereocenters. The standard InChI is InChI=1S/C26H28O5S/c1-15-11-18(12-16(2)23(15)30-14-26(4,5)25(28)29)7-10-21(27)24-17(3)20-9-8-19(32-6)13-22(20)31-24/h7-13H,14H2,1-6H3,(H,28,29)/b10-7+. The van der Waals surface area contributed by atoms with Crippen LogP contribution in [0.1, 0.15) is 46.7 Å². The van der Waals surface area contributed by atoms with Crippen molar-refractivity contribution in [2.45, 2.75) is 39.5 Å². The molecular formula is C26H28O5S. The van der Waals surface area contributed by atoms with Crippen LogP contribution in [0.25, 0.3) is 17.0 Å². The van der Waals surface area contributed by atoms with E-state index >= 15 is 0 Å². The fourth-order valence-corrected chi connectivity index (χ4v) is 3.87. The van der Waals surface area contributed by atoms with Crippen molar-refractivity contribution in [1.82, 2.24) is 0 Å². The molecule has 0 fully saturated rings. The Morgan fingerprint density at radius 1 is 1.12 bits per heavy atom. The lowest BCUT2D eigenvalue weighted by atomic mass is 9.95. The Kier molecular flexibility index (Phi) is 6.84. The highest BCUT2D eigenvalue weighted by Crippen LogP contribution is 2.30. The van der Waals surface area contributed by atoms with Crippen molar-refractivity contribution in [2.24, 2.45) is 5.41 Å². The Morgan fingerprint density at radius 2 is 1.78 bits per heavy atom. The Labute approximate surface area is 192 Å². The number of ketones is 1. The highest BCUT2D eigenvalue weighted by molar-refractivity contribution is 7.98. The number of carbonyl (C=O) groups is 2. The summed E-state index contributed by atoms with van der Waals surface area (Å²) in [5.41, 5.74) is 3.18. The van der Waals surface area contributed by atoms with Gasteiger partial charge in [0.25, 0.3) is 0 Å². The summed E-state index contributed by atoms with van der Waals surface area (Å²) < 4.78 is 11.7. The van der Waals surface area contributed by atoms with Gasteiger partial charge in [-0.2, -0.15) is 0 Å². The Hall–Kier alpha value is -2.99. The number of carbonyl (C=O) groups excluding carboxylic acids is 1. The number of rotatable bonds is 8. The lowest BCUT2D eigenvalue weighted by molar-refractivity contribution is -0.148. The number of fused-ring (bicyclic) bond motifs is 1. The van der Waals surface area contributed by atoms with Crippen molar-refractivity contribution in [1.29, 1.82) is 0 Å². The van der Waals surface area contributed by atoms with Crippen LogP contribution in [0.15, 0.2) is 45.7 Å². The van der Waals surface area contributed by atoms with Gasteiger partial charge in [-0.25, -0.2) is 0 Å². The summed E-state index contributed by atoms with van der Waals surface area (Å²) in [7, 11) is 0. The molecule has 1 heterocycles. The maximum Gasteiger partial charge on any atom is 0.312 e. The van der Waals surface area contributed by atoms with Crippen LogP contribution in [-0.2, 0) is 4.79 Å². The van der Waals surface area contributed by atoms with E-state index in [1.54, 1.807) is 31.7 Å². The quantitative estimate of drug-likeness (QED) is 0.240. The molecule has 6 heteroatoms. The monoisotopic (exact) mass is 452 g/mol. The summed E-state index contributed by atoms with van der Waals surface area (Å²) in [6.45, 7) is 9.03. The summed E-state index contributed by atoms with van der Waals surface area (Å²) >= 11 is 1.63. The molecule has 168 valence electrons. The molecule has 32 heavy (non-hydrogen) atoms. The number of thioether (sulfide) groups is 1. The highest BCUT2D eigenvalue weighted by Gasteiger charge is 2.28. The van der Waals surface area contributed by atoms with Gasteiger partial charge in [0.15, 0.2) is 5.76 Å². The van der Waals surface area contributed by atoms with Crippen LogP contribution in [0, 0.1) is 26.2 Å². The van der Waals surface area contributed by atoms with Gasteiger partial charge in [0.2, 0.25) is 5.78 Å². The number of hydrogen-bond donors (Lipinski definition) is 1. The number of furan rings is 1. The third kappa shape index (κ3) is 4.91. The molecule has 0 aliphatic heterocycles. The van der Waals surface area contributed by atoms with Crippen molar-refractivity contribution in [3.05, 3.63) is 64.4 Å². The normalized spacial score (nSPS) is 11.9. The minimum atomic E-state index is -0.981. The summed E-state index contributed by atoms with van der Waals surface area (Å²) in [6.07, 6.45) is 5.27. The lowest BCUT2D eigenvalue weighted by Gasteiger charge is -2.21. The lowest BCUT2D eigenvalue weighted by Crippen LogP contribution is -2.31. The van der Waals surface area contributed by atoms with Crippen LogP contribution in [0.4, 0.5) is 0 Å². The largest absolute Gasteiger partial charge is 0.492 e. The second-order valence-corrected chi connectivity index (χ2v) is 9.46. The maximum atomic E-state index is 12.8. The number of carboxylic acids is 1. The Bertz CT molecular complexity index is 1190. The first kappa shape index (κ1) is 23.7. The zero-order valence-corrected chi connectivity index (χ0v) is 20.1. The number of benzene rings is 2. The van der Waals surface area contributed by atoms with E-state index in [1.165, 1.54) is 6.08 Å². The molecule has 3 aromatic rings. The van der Waals surface area contributed by atoms with Crippen LogP contribution < -0.4 is 4.74 Å². The minimum Gasteiger partial charge on any atom is -0.492 e. The molecule has 0 radical (unpaired) electrons. The first-order valence-electron chi connectivity index (χ1n) is 10.3. The number of allylic oxidation sites excluding steroid dienone is 1. The van der Waals surface area contributed by atoms with Gasteiger partial charge in [-0.3, -0.25) is 9.59 Å². The summed E-state index contributed by atoms with van der Waals surface area (Å²) in [5, 5.41) is 10.2.